The van der Waals surface area contributed by atoms with Gasteiger partial charge in [0.1, 0.15) is 6.04 Å². The molecule has 1 rings (SSSR count). The Morgan fingerprint density at radius 1 is 1.19 bits per heavy atom. The number of urea groups is 1. The van der Waals surface area contributed by atoms with E-state index in [1.54, 1.807) is 6.07 Å². The van der Waals surface area contributed by atoms with Gasteiger partial charge in [-0.05, 0) is 51.3 Å². The first kappa shape index (κ1) is 21.8. The van der Waals surface area contributed by atoms with Gasteiger partial charge in [-0.15, -0.1) is 0 Å². The topological polar surface area (TPSA) is 108 Å². The molecule has 0 aliphatic heterocycles. The number of halogens is 1. The molecule has 1 atom stereocenters. The lowest BCUT2D eigenvalue weighted by Gasteiger charge is -2.21. The van der Waals surface area contributed by atoms with E-state index in [2.05, 4.69) is 16.0 Å². The minimum Gasteiger partial charge on any atom is -0.480 e. The van der Waals surface area contributed by atoms with E-state index in [4.69, 9.17) is 11.6 Å². The molecule has 7 nitrogen and oxygen atoms in total. The second-order valence-electron chi connectivity index (χ2n) is 7.52. The van der Waals surface area contributed by atoms with Crippen molar-refractivity contribution >= 4 is 35.2 Å². The first-order chi connectivity index (χ1) is 11.9. The zero-order valence-electron chi connectivity index (χ0n) is 15.6. The summed E-state index contributed by atoms with van der Waals surface area (Å²) in [6.07, 6.45) is 0.296. The number of benzene rings is 1. The van der Waals surface area contributed by atoms with E-state index >= 15 is 0 Å². The first-order valence-electron chi connectivity index (χ1n) is 8.31. The van der Waals surface area contributed by atoms with Crippen LogP contribution in [0.2, 0.25) is 5.02 Å². The van der Waals surface area contributed by atoms with Gasteiger partial charge in [0.05, 0.1) is 10.6 Å². The van der Waals surface area contributed by atoms with Crippen LogP contribution in [0.1, 0.15) is 51.4 Å². The van der Waals surface area contributed by atoms with Crippen LogP contribution in [-0.2, 0) is 4.79 Å². The number of rotatable bonds is 6. The number of anilines is 1. The number of amides is 3. The lowest BCUT2D eigenvalue weighted by Crippen LogP contribution is -2.43. The van der Waals surface area contributed by atoms with Gasteiger partial charge in [0, 0.05) is 11.2 Å². The van der Waals surface area contributed by atoms with Crippen LogP contribution in [0.15, 0.2) is 18.2 Å². The van der Waals surface area contributed by atoms with Crippen LogP contribution in [-0.4, -0.2) is 34.6 Å². The van der Waals surface area contributed by atoms with Gasteiger partial charge in [-0.25, -0.2) is 9.59 Å². The third kappa shape index (κ3) is 7.31. The summed E-state index contributed by atoms with van der Waals surface area (Å²) < 4.78 is 0. The maximum absolute atomic E-state index is 12.4. The molecule has 0 aliphatic carbocycles. The van der Waals surface area contributed by atoms with Crippen molar-refractivity contribution in [3.05, 3.63) is 28.8 Å². The average molecular weight is 384 g/mol. The van der Waals surface area contributed by atoms with E-state index in [9.17, 15) is 19.5 Å². The van der Waals surface area contributed by atoms with Crippen LogP contribution in [0.3, 0.4) is 0 Å². The molecule has 8 heteroatoms. The molecular formula is C18H26ClN3O4. The maximum atomic E-state index is 12.4. The van der Waals surface area contributed by atoms with Crippen molar-refractivity contribution in [2.75, 3.05) is 5.32 Å². The van der Waals surface area contributed by atoms with E-state index in [-0.39, 0.29) is 16.5 Å². The SMILES string of the molecule is CC(C)CC(NC(=O)c1cc(NC(=O)NC(C)(C)C)ccc1Cl)C(=O)O. The fourth-order valence-electron chi connectivity index (χ4n) is 2.21. The lowest BCUT2D eigenvalue weighted by molar-refractivity contribution is -0.139. The van der Waals surface area contributed by atoms with E-state index in [0.717, 1.165) is 0 Å². The number of nitrogens with one attached hydrogen (secondary N) is 3. The van der Waals surface area contributed by atoms with Crippen molar-refractivity contribution in [1.82, 2.24) is 10.6 Å². The summed E-state index contributed by atoms with van der Waals surface area (Å²) in [5, 5.41) is 17.3. The first-order valence-corrected chi connectivity index (χ1v) is 8.69. The van der Waals surface area contributed by atoms with Crippen molar-refractivity contribution in [1.29, 1.82) is 0 Å². The summed E-state index contributed by atoms with van der Waals surface area (Å²) in [5.41, 5.74) is 0.0506. The molecule has 0 heterocycles. The molecule has 0 bridgehead atoms. The Morgan fingerprint density at radius 3 is 2.31 bits per heavy atom. The molecular weight excluding hydrogens is 358 g/mol. The molecule has 1 aromatic carbocycles. The number of carbonyl (C=O) groups excluding carboxylic acids is 2. The van der Waals surface area contributed by atoms with Gasteiger partial charge in [-0.3, -0.25) is 4.79 Å². The zero-order chi connectivity index (χ0) is 20.1. The van der Waals surface area contributed by atoms with Crippen LogP contribution in [0.5, 0.6) is 0 Å². The fourth-order valence-corrected chi connectivity index (χ4v) is 2.41. The highest BCUT2D eigenvalue weighted by Crippen LogP contribution is 2.21. The van der Waals surface area contributed by atoms with Crippen LogP contribution in [0, 0.1) is 5.92 Å². The molecule has 0 saturated heterocycles. The Bertz CT molecular complexity index is 684. The number of hydrogen-bond acceptors (Lipinski definition) is 3. The lowest BCUT2D eigenvalue weighted by atomic mass is 10.0. The fraction of sp³-hybridized carbons (Fsp3) is 0.500. The monoisotopic (exact) mass is 383 g/mol. The molecule has 3 amide bonds. The molecule has 0 spiro atoms. The molecule has 1 unspecified atom stereocenters. The standard InChI is InChI=1S/C18H26ClN3O4/c1-10(2)8-14(16(24)25)21-15(23)12-9-11(6-7-13(12)19)20-17(26)22-18(3,4)5/h6-7,9-10,14H,8H2,1-5H3,(H,21,23)(H,24,25)(H2,20,22,26). The average Bonchev–Trinajstić information content (AvgIpc) is 2.45. The molecule has 0 radical (unpaired) electrons. The van der Waals surface area contributed by atoms with Crippen LogP contribution in [0.25, 0.3) is 0 Å². The summed E-state index contributed by atoms with van der Waals surface area (Å²) in [4.78, 5) is 35.7. The predicted octanol–water partition coefficient (Wildman–Crippen LogP) is 3.49. The van der Waals surface area contributed by atoms with Gasteiger partial charge in [0.2, 0.25) is 0 Å². The highest BCUT2D eigenvalue weighted by Gasteiger charge is 2.23. The minimum atomic E-state index is -1.11. The van der Waals surface area contributed by atoms with Crippen molar-refractivity contribution < 1.29 is 19.5 Å². The van der Waals surface area contributed by atoms with Crippen molar-refractivity contribution in [3.8, 4) is 0 Å². The van der Waals surface area contributed by atoms with Gasteiger partial charge in [0.25, 0.3) is 5.91 Å². The number of carbonyl (C=O) groups is 3. The second-order valence-corrected chi connectivity index (χ2v) is 7.92. The predicted molar refractivity (Wildman–Crippen MR) is 102 cm³/mol. The van der Waals surface area contributed by atoms with Gasteiger partial charge >= 0.3 is 12.0 Å². The molecule has 26 heavy (non-hydrogen) atoms. The Labute approximate surface area is 158 Å². The second kappa shape index (κ2) is 8.89. The molecule has 0 saturated carbocycles. The Hall–Kier alpha value is -2.28. The van der Waals surface area contributed by atoms with Gasteiger partial charge in [-0.2, -0.15) is 0 Å². The van der Waals surface area contributed by atoms with Gasteiger partial charge in [0.15, 0.2) is 0 Å². The quantitative estimate of drug-likeness (QED) is 0.603. The van der Waals surface area contributed by atoms with Gasteiger partial charge in [-0.1, -0.05) is 25.4 Å². The smallest absolute Gasteiger partial charge is 0.326 e. The minimum absolute atomic E-state index is 0.0928. The highest BCUT2D eigenvalue weighted by molar-refractivity contribution is 6.34. The van der Waals surface area contributed by atoms with Crippen molar-refractivity contribution in [2.45, 2.75) is 52.6 Å². The Balaban J connectivity index is 2.93. The van der Waals surface area contributed by atoms with E-state index in [0.29, 0.717) is 12.1 Å². The molecule has 1 aromatic rings. The zero-order valence-corrected chi connectivity index (χ0v) is 16.4. The Kier molecular flexibility index (Phi) is 7.44. The molecule has 4 N–H and O–H groups in total. The molecule has 144 valence electrons. The van der Waals surface area contributed by atoms with Crippen molar-refractivity contribution in [3.63, 3.8) is 0 Å². The van der Waals surface area contributed by atoms with Crippen LogP contribution < -0.4 is 16.0 Å². The molecule has 0 fully saturated rings. The Morgan fingerprint density at radius 2 is 1.81 bits per heavy atom. The van der Waals surface area contributed by atoms with Crippen molar-refractivity contribution in [2.24, 2.45) is 5.92 Å². The third-order valence-corrected chi connectivity index (χ3v) is 3.60. The number of carboxylic acids is 1. The molecule has 0 aliphatic rings. The summed E-state index contributed by atoms with van der Waals surface area (Å²) in [5.74, 6) is -1.62. The van der Waals surface area contributed by atoms with E-state index in [1.807, 2.05) is 34.6 Å². The highest BCUT2D eigenvalue weighted by atomic mass is 35.5. The summed E-state index contributed by atoms with van der Waals surface area (Å²) in [7, 11) is 0. The van der Waals surface area contributed by atoms with Crippen LogP contribution >= 0.6 is 11.6 Å². The number of carboxylic acid groups (broad SMARTS) is 1. The maximum Gasteiger partial charge on any atom is 0.326 e. The van der Waals surface area contributed by atoms with Crippen LogP contribution in [0.4, 0.5) is 10.5 Å². The number of aliphatic carboxylic acids is 1. The van der Waals surface area contributed by atoms with E-state index in [1.165, 1.54) is 12.1 Å². The van der Waals surface area contributed by atoms with E-state index < -0.39 is 29.5 Å². The van der Waals surface area contributed by atoms with Gasteiger partial charge < -0.3 is 21.1 Å². The summed E-state index contributed by atoms with van der Waals surface area (Å²) in [6.45, 7) is 9.26. The number of hydrogen-bond donors (Lipinski definition) is 4. The summed E-state index contributed by atoms with van der Waals surface area (Å²) >= 11 is 6.07. The normalized spacial score (nSPS) is 12.4. The third-order valence-electron chi connectivity index (χ3n) is 3.27. The molecule has 0 aromatic heterocycles. The summed E-state index contributed by atoms with van der Waals surface area (Å²) in [6, 6.07) is 3.01. The largest absolute Gasteiger partial charge is 0.480 e.